The maximum atomic E-state index is 12.8. The monoisotopic (exact) mass is 446 g/mol. The Labute approximate surface area is 179 Å². The summed E-state index contributed by atoms with van der Waals surface area (Å²) >= 11 is 0. The molecule has 2 aromatic carbocycles. The van der Waals surface area contributed by atoms with E-state index in [9.17, 15) is 18.0 Å². The third kappa shape index (κ3) is 3.61. The van der Waals surface area contributed by atoms with E-state index in [4.69, 9.17) is 14.7 Å². The summed E-state index contributed by atoms with van der Waals surface area (Å²) in [6, 6.07) is 11.1. The van der Waals surface area contributed by atoms with Crippen LogP contribution >= 0.6 is 0 Å². The standard InChI is InChI=1S/C21H22N2O7S/c1-21(20(25)22-26,31(2,27)28)7-8-23-11-15-9-13(3-5-16(15)19(23)24)14-4-6-17-18(10-14)30-12-29-17/h3-6,9-10,26H,7-8,11-12H2,1-2H3,(H,22,25)/t21-/m1/s1. The Kier molecular flexibility index (Phi) is 5.14. The van der Waals surface area contributed by atoms with Crippen molar-refractivity contribution in [3.63, 3.8) is 0 Å². The molecule has 2 aliphatic heterocycles. The van der Waals surface area contributed by atoms with Crippen molar-refractivity contribution >= 4 is 21.7 Å². The van der Waals surface area contributed by atoms with Gasteiger partial charge in [-0.3, -0.25) is 14.8 Å². The van der Waals surface area contributed by atoms with Crippen molar-refractivity contribution in [1.29, 1.82) is 0 Å². The molecule has 31 heavy (non-hydrogen) atoms. The van der Waals surface area contributed by atoms with E-state index in [0.29, 0.717) is 23.6 Å². The van der Waals surface area contributed by atoms with E-state index >= 15 is 0 Å². The van der Waals surface area contributed by atoms with Gasteiger partial charge in [-0.25, -0.2) is 13.9 Å². The maximum Gasteiger partial charge on any atom is 0.264 e. The van der Waals surface area contributed by atoms with Gasteiger partial charge in [-0.15, -0.1) is 0 Å². The number of sulfone groups is 1. The highest BCUT2D eigenvalue weighted by Crippen LogP contribution is 2.37. The Morgan fingerprint density at radius 2 is 1.84 bits per heavy atom. The molecular weight excluding hydrogens is 424 g/mol. The first-order chi connectivity index (χ1) is 14.6. The van der Waals surface area contributed by atoms with Gasteiger partial charge in [-0.05, 0) is 54.3 Å². The number of benzene rings is 2. The second kappa shape index (κ2) is 7.54. The van der Waals surface area contributed by atoms with Gasteiger partial charge < -0.3 is 14.4 Å². The van der Waals surface area contributed by atoms with Crippen LogP contribution in [0.25, 0.3) is 11.1 Å². The van der Waals surface area contributed by atoms with E-state index in [0.717, 1.165) is 22.9 Å². The van der Waals surface area contributed by atoms with Gasteiger partial charge in [-0.1, -0.05) is 12.1 Å². The molecule has 2 heterocycles. The topological polar surface area (TPSA) is 122 Å². The number of hydroxylamine groups is 1. The van der Waals surface area contributed by atoms with Crippen molar-refractivity contribution in [2.24, 2.45) is 0 Å². The molecule has 4 rings (SSSR count). The lowest BCUT2D eigenvalue weighted by Gasteiger charge is -2.27. The van der Waals surface area contributed by atoms with Crippen molar-refractivity contribution in [2.75, 3.05) is 19.6 Å². The first kappa shape index (κ1) is 21.1. The van der Waals surface area contributed by atoms with Crippen molar-refractivity contribution in [1.82, 2.24) is 10.4 Å². The predicted octanol–water partition coefficient (Wildman–Crippen LogP) is 1.74. The zero-order chi connectivity index (χ0) is 22.4. The molecule has 0 unspecified atom stereocenters. The fraction of sp³-hybridized carbons (Fsp3) is 0.333. The minimum atomic E-state index is -3.83. The number of nitrogens with zero attached hydrogens (tertiary/aromatic N) is 1. The van der Waals surface area contributed by atoms with Crippen LogP contribution in [0, 0.1) is 0 Å². The number of hydrogen-bond donors (Lipinski definition) is 2. The molecule has 10 heteroatoms. The van der Waals surface area contributed by atoms with Crippen LogP contribution in [0.4, 0.5) is 0 Å². The van der Waals surface area contributed by atoms with E-state index in [-0.39, 0.29) is 25.7 Å². The lowest BCUT2D eigenvalue weighted by molar-refractivity contribution is -0.131. The summed E-state index contributed by atoms with van der Waals surface area (Å²) in [4.78, 5) is 26.3. The van der Waals surface area contributed by atoms with Crippen LogP contribution in [0.1, 0.15) is 29.3 Å². The highest BCUT2D eigenvalue weighted by Gasteiger charge is 2.44. The first-order valence-corrected chi connectivity index (χ1v) is 11.5. The Morgan fingerprint density at radius 1 is 1.16 bits per heavy atom. The number of fused-ring (bicyclic) bond motifs is 2. The molecule has 0 saturated carbocycles. The molecule has 164 valence electrons. The molecule has 9 nitrogen and oxygen atoms in total. The van der Waals surface area contributed by atoms with Crippen LogP contribution in [-0.2, 0) is 21.2 Å². The number of carbonyl (C=O) groups excluding carboxylic acids is 2. The smallest absolute Gasteiger partial charge is 0.264 e. The number of carbonyl (C=O) groups is 2. The predicted molar refractivity (Wildman–Crippen MR) is 111 cm³/mol. The number of amides is 2. The molecule has 0 saturated heterocycles. The summed E-state index contributed by atoms with van der Waals surface area (Å²) in [5.74, 6) is 0.0989. The van der Waals surface area contributed by atoms with Gasteiger partial charge in [0.25, 0.3) is 11.8 Å². The average molecular weight is 446 g/mol. The molecule has 0 aliphatic carbocycles. The fourth-order valence-electron chi connectivity index (χ4n) is 3.75. The van der Waals surface area contributed by atoms with Gasteiger partial charge >= 0.3 is 0 Å². The Bertz CT molecular complexity index is 1180. The normalized spacial score (nSPS) is 16.7. The SMILES string of the molecule is C[C@@](CCN1Cc2cc(-c3ccc4c(c3)OCO4)ccc2C1=O)(C(=O)NO)S(C)(=O)=O. The van der Waals surface area contributed by atoms with E-state index < -0.39 is 20.5 Å². The van der Waals surface area contributed by atoms with Crippen molar-refractivity contribution in [2.45, 2.75) is 24.6 Å². The molecule has 0 fully saturated rings. The Hall–Kier alpha value is -3.11. The number of nitrogens with one attached hydrogen (secondary N) is 1. The minimum Gasteiger partial charge on any atom is -0.454 e. The zero-order valence-electron chi connectivity index (χ0n) is 17.0. The van der Waals surface area contributed by atoms with Gasteiger partial charge in [0.2, 0.25) is 6.79 Å². The van der Waals surface area contributed by atoms with Gasteiger partial charge in [0.1, 0.15) is 0 Å². The molecule has 2 aliphatic rings. The summed E-state index contributed by atoms with van der Waals surface area (Å²) < 4.78 is 33.2. The Balaban J connectivity index is 1.54. The molecule has 2 aromatic rings. The van der Waals surface area contributed by atoms with E-state index in [1.165, 1.54) is 17.3 Å². The third-order valence-corrected chi connectivity index (χ3v) is 7.98. The summed E-state index contributed by atoms with van der Waals surface area (Å²) in [6.07, 6.45) is 0.785. The molecule has 0 aromatic heterocycles. The van der Waals surface area contributed by atoms with Crippen LogP contribution in [0.5, 0.6) is 11.5 Å². The lowest BCUT2D eigenvalue weighted by Crippen LogP contribution is -2.50. The fourth-order valence-corrected chi connectivity index (χ4v) is 4.60. The molecule has 0 bridgehead atoms. The van der Waals surface area contributed by atoms with Crippen LogP contribution in [0.2, 0.25) is 0 Å². The van der Waals surface area contributed by atoms with Gasteiger partial charge in [-0.2, -0.15) is 0 Å². The van der Waals surface area contributed by atoms with E-state index in [2.05, 4.69) is 0 Å². The third-order valence-electron chi connectivity index (χ3n) is 5.95. The molecule has 0 spiro atoms. The zero-order valence-corrected chi connectivity index (χ0v) is 17.9. The average Bonchev–Trinajstić information content (AvgIpc) is 3.33. The summed E-state index contributed by atoms with van der Waals surface area (Å²) in [6.45, 7) is 1.77. The van der Waals surface area contributed by atoms with Crippen LogP contribution in [0.3, 0.4) is 0 Å². The van der Waals surface area contributed by atoms with Gasteiger partial charge in [0, 0.05) is 24.9 Å². The molecular formula is C21H22N2O7S. The number of rotatable bonds is 6. The van der Waals surface area contributed by atoms with Gasteiger partial charge in [0.15, 0.2) is 26.1 Å². The second-order valence-corrected chi connectivity index (χ2v) is 10.3. The van der Waals surface area contributed by atoms with E-state index in [1.54, 1.807) is 6.07 Å². The van der Waals surface area contributed by atoms with Crippen molar-refractivity contribution in [3.05, 3.63) is 47.5 Å². The largest absolute Gasteiger partial charge is 0.454 e. The van der Waals surface area contributed by atoms with Crippen LogP contribution in [-0.4, -0.2) is 54.7 Å². The lowest BCUT2D eigenvalue weighted by atomic mass is 10.00. The summed E-state index contributed by atoms with van der Waals surface area (Å²) in [5.41, 5.74) is 4.60. The Morgan fingerprint density at radius 3 is 2.55 bits per heavy atom. The number of ether oxygens (including phenoxy) is 2. The summed E-state index contributed by atoms with van der Waals surface area (Å²) in [7, 11) is -3.83. The quantitative estimate of drug-likeness (QED) is 0.512. The van der Waals surface area contributed by atoms with Crippen molar-refractivity contribution < 1.29 is 32.7 Å². The highest BCUT2D eigenvalue weighted by atomic mass is 32.2. The van der Waals surface area contributed by atoms with Crippen LogP contribution in [0.15, 0.2) is 36.4 Å². The molecule has 0 radical (unpaired) electrons. The van der Waals surface area contributed by atoms with Crippen LogP contribution < -0.4 is 15.0 Å². The van der Waals surface area contributed by atoms with E-state index in [1.807, 2.05) is 30.3 Å². The van der Waals surface area contributed by atoms with Crippen molar-refractivity contribution in [3.8, 4) is 22.6 Å². The highest BCUT2D eigenvalue weighted by molar-refractivity contribution is 7.92. The maximum absolute atomic E-state index is 12.8. The minimum absolute atomic E-state index is 0.0455. The number of hydrogen-bond acceptors (Lipinski definition) is 7. The molecule has 2 amide bonds. The summed E-state index contributed by atoms with van der Waals surface area (Å²) in [5, 5.41) is 8.96. The second-order valence-electron chi connectivity index (χ2n) is 7.86. The molecule has 2 N–H and O–H groups in total. The first-order valence-electron chi connectivity index (χ1n) is 9.60. The molecule has 1 atom stereocenters. The van der Waals surface area contributed by atoms with Gasteiger partial charge in [0.05, 0.1) is 0 Å².